The highest BCUT2D eigenvalue weighted by Gasteiger charge is 2.22. The summed E-state index contributed by atoms with van der Waals surface area (Å²) in [5, 5.41) is 13.2. The smallest absolute Gasteiger partial charge is 0.0715 e. The first-order valence-corrected chi connectivity index (χ1v) is 5.13. The van der Waals surface area contributed by atoms with Crippen LogP contribution in [0, 0.1) is 5.92 Å². The van der Waals surface area contributed by atoms with Crippen LogP contribution in [0.4, 0.5) is 0 Å². The van der Waals surface area contributed by atoms with Crippen LogP contribution in [0.1, 0.15) is 39.5 Å². The average molecular weight is 171 g/mol. The van der Waals surface area contributed by atoms with Crippen molar-refractivity contribution in [1.29, 1.82) is 0 Å². The first-order valence-electron chi connectivity index (χ1n) is 5.13. The van der Waals surface area contributed by atoms with Crippen molar-refractivity contribution in [3.8, 4) is 0 Å². The Hall–Kier alpha value is -0.0800. The summed E-state index contributed by atoms with van der Waals surface area (Å²) in [5.41, 5.74) is 0. The number of aliphatic hydroxyl groups excluding tert-OH is 1. The third-order valence-corrected chi connectivity index (χ3v) is 2.69. The van der Waals surface area contributed by atoms with Gasteiger partial charge in [-0.15, -0.1) is 0 Å². The van der Waals surface area contributed by atoms with Gasteiger partial charge in [-0.05, 0) is 25.3 Å². The molecule has 1 saturated heterocycles. The monoisotopic (exact) mass is 171 g/mol. The van der Waals surface area contributed by atoms with Crippen molar-refractivity contribution in [3.05, 3.63) is 0 Å². The Morgan fingerprint density at radius 3 is 2.67 bits per heavy atom. The van der Waals surface area contributed by atoms with Gasteiger partial charge in [0.2, 0.25) is 0 Å². The van der Waals surface area contributed by atoms with E-state index in [1.165, 1.54) is 19.3 Å². The highest BCUT2D eigenvalue weighted by molar-refractivity contribution is 4.79. The van der Waals surface area contributed by atoms with E-state index in [0.29, 0.717) is 12.0 Å². The second-order valence-corrected chi connectivity index (χ2v) is 4.14. The van der Waals surface area contributed by atoms with E-state index in [2.05, 4.69) is 19.2 Å². The molecular weight excluding hydrogens is 150 g/mol. The molecule has 1 aliphatic heterocycles. The molecule has 1 heterocycles. The first-order chi connectivity index (χ1) is 5.72. The quantitative estimate of drug-likeness (QED) is 0.660. The molecule has 2 nitrogen and oxygen atoms in total. The van der Waals surface area contributed by atoms with Crippen LogP contribution in [0.25, 0.3) is 0 Å². The third-order valence-electron chi connectivity index (χ3n) is 2.69. The van der Waals surface area contributed by atoms with Crippen molar-refractivity contribution in [2.75, 3.05) is 6.54 Å². The van der Waals surface area contributed by atoms with Gasteiger partial charge in [-0.3, -0.25) is 0 Å². The normalized spacial score (nSPS) is 28.5. The van der Waals surface area contributed by atoms with Crippen LogP contribution in [0.5, 0.6) is 0 Å². The number of aliphatic hydroxyl groups is 1. The fraction of sp³-hybridized carbons (Fsp3) is 1.00. The van der Waals surface area contributed by atoms with E-state index >= 15 is 0 Å². The SMILES string of the molecule is CC(C)C(O)C1CCCCCN1. The Morgan fingerprint density at radius 1 is 1.25 bits per heavy atom. The highest BCUT2D eigenvalue weighted by Crippen LogP contribution is 2.15. The molecule has 0 radical (unpaired) electrons. The Labute approximate surface area is 75.4 Å². The summed E-state index contributed by atoms with van der Waals surface area (Å²) in [4.78, 5) is 0. The lowest BCUT2D eigenvalue weighted by atomic mass is 9.96. The van der Waals surface area contributed by atoms with Crippen LogP contribution in [0.2, 0.25) is 0 Å². The summed E-state index contributed by atoms with van der Waals surface area (Å²) in [6, 6.07) is 0.340. The summed E-state index contributed by atoms with van der Waals surface area (Å²) >= 11 is 0. The Morgan fingerprint density at radius 2 is 2.00 bits per heavy atom. The van der Waals surface area contributed by atoms with Crippen LogP contribution in [0.3, 0.4) is 0 Å². The van der Waals surface area contributed by atoms with Gasteiger partial charge in [0.05, 0.1) is 6.10 Å². The summed E-state index contributed by atoms with van der Waals surface area (Å²) in [6.45, 7) is 5.24. The van der Waals surface area contributed by atoms with Crippen molar-refractivity contribution in [2.24, 2.45) is 5.92 Å². The van der Waals surface area contributed by atoms with E-state index in [1.54, 1.807) is 0 Å². The zero-order valence-corrected chi connectivity index (χ0v) is 8.21. The molecule has 0 aromatic carbocycles. The topological polar surface area (TPSA) is 32.3 Å². The number of nitrogens with one attached hydrogen (secondary N) is 1. The second-order valence-electron chi connectivity index (χ2n) is 4.14. The highest BCUT2D eigenvalue weighted by atomic mass is 16.3. The van der Waals surface area contributed by atoms with Gasteiger partial charge in [0.25, 0.3) is 0 Å². The molecule has 0 aromatic heterocycles. The predicted molar refractivity (Wildman–Crippen MR) is 51.1 cm³/mol. The lowest BCUT2D eigenvalue weighted by Crippen LogP contribution is -2.41. The molecule has 12 heavy (non-hydrogen) atoms. The molecule has 0 spiro atoms. The van der Waals surface area contributed by atoms with Crippen LogP contribution < -0.4 is 5.32 Å². The van der Waals surface area contributed by atoms with Crippen molar-refractivity contribution in [2.45, 2.75) is 51.7 Å². The van der Waals surface area contributed by atoms with Gasteiger partial charge in [-0.1, -0.05) is 26.7 Å². The fourth-order valence-electron chi connectivity index (χ4n) is 1.81. The van der Waals surface area contributed by atoms with E-state index in [1.807, 2.05) is 0 Å². The zero-order chi connectivity index (χ0) is 8.97. The first kappa shape index (κ1) is 10.0. The minimum absolute atomic E-state index is 0.164. The predicted octanol–water partition coefficient (Wildman–Crippen LogP) is 1.54. The van der Waals surface area contributed by atoms with E-state index < -0.39 is 0 Å². The molecule has 72 valence electrons. The third kappa shape index (κ3) is 2.76. The van der Waals surface area contributed by atoms with Gasteiger partial charge in [0.1, 0.15) is 0 Å². The second kappa shape index (κ2) is 4.83. The molecule has 2 heteroatoms. The molecule has 0 bridgehead atoms. The van der Waals surface area contributed by atoms with Crippen LogP contribution in [-0.4, -0.2) is 23.8 Å². The van der Waals surface area contributed by atoms with E-state index in [-0.39, 0.29) is 6.10 Å². The Kier molecular flexibility index (Phi) is 4.02. The summed E-state index contributed by atoms with van der Waals surface area (Å²) in [7, 11) is 0. The summed E-state index contributed by atoms with van der Waals surface area (Å²) in [5.74, 6) is 0.376. The van der Waals surface area contributed by atoms with Gasteiger partial charge in [-0.25, -0.2) is 0 Å². The Bertz CT molecular complexity index is 117. The summed E-state index contributed by atoms with van der Waals surface area (Å²) in [6.07, 6.45) is 4.82. The molecule has 1 rings (SSSR count). The Balaban J connectivity index is 2.37. The molecule has 0 aromatic rings. The maximum Gasteiger partial charge on any atom is 0.0715 e. The molecule has 0 saturated carbocycles. The molecule has 2 N–H and O–H groups in total. The number of rotatable bonds is 2. The van der Waals surface area contributed by atoms with E-state index in [0.717, 1.165) is 13.0 Å². The van der Waals surface area contributed by atoms with Crippen molar-refractivity contribution >= 4 is 0 Å². The maximum absolute atomic E-state index is 9.81. The van der Waals surface area contributed by atoms with E-state index in [4.69, 9.17) is 0 Å². The van der Waals surface area contributed by atoms with Crippen molar-refractivity contribution in [3.63, 3.8) is 0 Å². The fourth-order valence-corrected chi connectivity index (χ4v) is 1.81. The minimum atomic E-state index is -0.164. The summed E-state index contributed by atoms with van der Waals surface area (Å²) < 4.78 is 0. The maximum atomic E-state index is 9.81. The zero-order valence-electron chi connectivity index (χ0n) is 8.21. The molecule has 0 amide bonds. The number of hydrogen-bond acceptors (Lipinski definition) is 2. The molecule has 2 atom stereocenters. The largest absolute Gasteiger partial charge is 0.391 e. The average Bonchev–Trinajstić information content (AvgIpc) is 2.30. The van der Waals surface area contributed by atoms with Crippen LogP contribution >= 0.6 is 0 Å². The molecular formula is C10H21NO. The van der Waals surface area contributed by atoms with Gasteiger partial charge in [0.15, 0.2) is 0 Å². The molecule has 0 aliphatic carbocycles. The minimum Gasteiger partial charge on any atom is -0.391 e. The van der Waals surface area contributed by atoms with Crippen LogP contribution in [0.15, 0.2) is 0 Å². The van der Waals surface area contributed by atoms with Crippen LogP contribution in [-0.2, 0) is 0 Å². The molecule has 1 aliphatic rings. The lowest BCUT2D eigenvalue weighted by molar-refractivity contribution is 0.0816. The standard InChI is InChI=1S/C10H21NO/c1-8(2)10(12)9-6-4-3-5-7-11-9/h8-12H,3-7H2,1-2H3. The van der Waals surface area contributed by atoms with Gasteiger partial charge >= 0.3 is 0 Å². The van der Waals surface area contributed by atoms with Gasteiger partial charge in [-0.2, -0.15) is 0 Å². The van der Waals surface area contributed by atoms with Gasteiger partial charge < -0.3 is 10.4 Å². The molecule has 1 fully saturated rings. The van der Waals surface area contributed by atoms with Crippen molar-refractivity contribution < 1.29 is 5.11 Å². The van der Waals surface area contributed by atoms with Gasteiger partial charge in [0, 0.05) is 6.04 Å². The van der Waals surface area contributed by atoms with Crippen molar-refractivity contribution in [1.82, 2.24) is 5.32 Å². The van der Waals surface area contributed by atoms with E-state index in [9.17, 15) is 5.11 Å². The number of hydrogen-bond donors (Lipinski definition) is 2. The molecule has 2 unspecified atom stereocenters. The lowest BCUT2D eigenvalue weighted by Gasteiger charge is -2.25.